The van der Waals surface area contributed by atoms with Gasteiger partial charge in [-0.2, -0.15) is 5.10 Å². The van der Waals surface area contributed by atoms with Crippen molar-refractivity contribution in [2.45, 2.75) is 50.6 Å². The van der Waals surface area contributed by atoms with Crippen LogP contribution in [0.25, 0.3) is 5.65 Å². The van der Waals surface area contributed by atoms with E-state index >= 15 is 0 Å². The summed E-state index contributed by atoms with van der Waals surface area (Å²) in [7, 11) is 0. The highest BCUT2D eigenvalue weighted by Gasteiger charge is 2.40. The molecule has 2 aromatic heterocycles. The number of fused-ring (bicyclic) bond motifs is 3. The summed E-state index contributed by atoms with van der Waals surface area (Å²) in [6.07, 6.45) is 9.64. The van der Waals surface area contributed by atoms with Crippen molar-refractivity contribution in [3.63, 3.8) is 0 Å². The predicted molar refractivity (Wildman–Crippen MR) is 115 cm³/mol. The van der Waals surface area contributed by atoms with Gasteiger partial charge in [-0.25, -0.2) is 18.3 Å². The maximum atomic E-state index is 14.5. The number of hydrogen-bond donors (Lipinski definition) is 1. The lowest BCUT2D eigenvalue weighted by atomic mass is 9.95. The fourth-order valence-electron chi connectivity index (χ4n) is 5.98. The summed E-state index contributed by atoms with van der Waals surface area (Å²) in [5, 5.41) is 7.50. The van der Waals surface area contributed by atoms with E-state index in [1.165, 1.54) is 31.4 Å². The lowest BCUT2D eigenvalue weighted by molar-refractivity contribution is 0.0924. The van der Waals surface area contributed by atoms with Crippen LogP contribution in [-0.4, -0.2) is 33.1 Å². The number of carbonyl (C=O) groups excluding carboxylic acids is 1. The maximum absolute atomic E-state index is 14.5. The van der Waals surface area contributed by atoms with E-state index in [0.29, 0.717) is 41.5 Å². The van der Waals surface area contributed by atoms with Crippen LogP contribution in [0.2, 0.25) is 0 Å². The Morgan fingerprint density at radius 3 is 2.84 bits per heavy atom. The number of hydrogen-bond acceptors (Lipinski definition) is 4. The fourth-order valence-corrected chi connectivity index (χ4v) is 5.98. The largest absolute Gasteiger partial charge is 0.349 e. The van der Waals surface area contributed by atoms with Crippen molar-refractivity contribution in [1.29, 1.82) is 0 Å². The minimum atomic E-state index is -0.452. The molecular formula is C24H25F2N5O. The highest BCUT2D eigenvalue weighted by atomic mass is 19.1. The first-order valence-electron chi connectivity index (χ1n) is 11.4. The summed E-state index contributed by atoms with van der Waals surface area (Å²) in [6, 6.07) is 5.33. The minimum absolute atomic E-state index is 0.142. The molecule has 1 aromatic carbocycles. The van der Waals surface area contributed by atoms with Crippen LogP contribution in [0.15, 0.2) is 36.7 Å². The zero-order valence-corrected chi connectivity index (χ0v) is 17.7. The molecule has 6 rings (SSSR count). The summed E-state index contributed by atoms with van der Waals surface area (Å²) < 4.78 is 29.9. The second-order valence-corrected chi connectivity index (χ2v) is 9.38. The first kappa shape index (κ1) is 19.6. The van der Waals surface area contributed by atoms with Crippen molar-refractivity contribution in [2.75, 3.05) is 11.4 Å². The minimum Gasteiger partial charge on any atom is -0.349 e. The van der Waals surface area contributed by atoms with Crippen molar-refractivity contribution >= 4 is 17.4 Å². The van der Waals surface area contributed by atoms with E-state index in [4.69, 9.17) is 4.98 Å². The molecule has 2 saturated carbocycles. The van der Waals surface area contributed by atoms with Crippen LogP contribution in [0.3, 0.4) is 0 Å². The first-order valence-corrected chi connectivity index (χ1v) is 11.4. The number of aromatic nitrogens is 3. The molecule has 3 heterocycles. The van der Waals surface area contributed by atoms with Gasteiger partial charge in [-0.15, -0.1) is 0 Å². The third kappa shape index (κ3) is 3.24. The van der Waals surface area contributed by atoms with E-state index in [1.54, 1.807) is 16.9 Å². The molecule has 166 valence electrons. The van der Waals surface area contributed by atoms with Gasteiger partial charge in [0, 0.05) is 24.3 Å². The van der Waals surface area contributed by atoms with Crippen LogP contribution >= 0.6 is 0 Å². The van der Waals surface area contributed by atoms with Crippen molar-refractivity contribution < 1.29 is 13.6 Å². The van der Waals surface area contributed by atoms with Gasteiger partial charge in [-0.05, 0) is 68.2 Å². The quantitative estimate of drug-likeness (QED) is 0.662. The fraction of sp³-hybridized carbons (Fsp3) is 0.458. The molecule has 0 unspecified atom stereocenters. The molecule has 1 saturated heterocycles. The average molecular weight is 437 g/mol. The van der Waals surface area contributed by atoms with Crippen LogP contribution in [-0.2, 0) is 0 Å². The zero-order chi connectivity index (χ0) is 21.8. The average Bonchev–Trinajstić information content (AvgIpc) is 3.58. The third-order valence-corrected chi connectivity index (χ3v) is 7.52. The lowest BCUT2D eigenvalue weighted by Gasteiger charge is -2.26. The molecule has 0 spiro atoms. The van der Waals surface area contributed by atoms with E-state index in [2.05, 4.69) is 10.4 Å². The molecule has 1 amide bonds. The molecular weight excluding hydrogens is 412 g/mol. The zero-order valence-electron chi connectivity index (χ0n) is 17.7. The first-order chi connectivity index (χ1) is 15.6. The number of nitrogens with zero attached hydrogens (tertiary/aromatic N) is 4. The molecule has 3 aromatic rings. The van der Waals surface area contributed by atoms with Crippen LogP contribution in [0.5, 0.6) is 0 Å². The van der Waals surface area contributed by atoms with Crippen LogP contribution in [0.4, 0.5) is 14.6 Å². The second kappa shape index (κ2) is 7.53. The molecule has 3 fully saturated rings. The van der Waals surface area contributed by atoms with Gasteiger partial charge < -0.3 is 10.2 Å². The monoisotopic (exact) mass is 437 g/mol. The Morgan fingerprint density at radius 2 is 2.03 bits per heavy atom. The number of halogens is 2. The molecule has 4 atom stereocenters. The van der Waals surface area contributed by atoms with Gasteiger partial charge in [0.1, 0.15) is 23.0 Å². The number of nitrogens with one attached hydrogen (secondary N) is 1. The highest BCUT2D eigenvalue weighted by molar-refractivity contribution is 6.00. The molecule has 2 bridgehead atoms. The Balaban J connectivity index is 1.29. The van der Waals surface area contributed by atoms with E-state index in [1.807, 2.05) is 11.0 Å². The summed E-state index contributed by atoms with van der Waals surface area (Å²) in [6.45, 7) is 0.685. The molecule has 3 aliphatic rings. The lowest BCUT2D eigenvalue weighted by Crippen LogP contribution is -2.38. The normalized spacial score (nSPS) is 26.9. The van der Waals surface area contributed by atoms with Gasteiger partial charge in [0.25, 0.3) is 5.91 Å². The Kier molecular flexibility index (Phi) is 4.62. The van der Waals surface area contributed by atoms with Gasteiger partial charge in [0.05, 0.1) is 12.2 Å². The number of amides is 1. The van der Waals surface area contributed by atoms with Crippen molar-refractivity contribution in [1.82, 2.24) is 19.9 Å². The van der Waals surface area contributed by atoms with Crippen molar-refractivity contribution in [2.24, 2.45) is 11.8 Å². The molecule has 0 radical (unpaired) electrons. The summed E-state index contributed by atoms with van der Waals surface area (Å²) in [5.41, 5.74) is 1.27. The standard InChI is InChI=1S/C24H25F2N5O/c25-16-5-6-19(26)17(12-16)21-2-1-8-30(21)22-7-9-31-23(29-22)18(13-27-31)24(32)28-20-11-14-3-4-15(20)10-14/h5-7,9,12-15,20-21H,1-4,8,10-11H2,(H,28,32)/t14-,15-,20-,21+/m0/s1. The van der Waals surface area contributed by atoms with Crippen molar-refractivity contribution in [3.05, 3.63) is 59.4 Å². The molecule has 1 aliphatic heterocycles. The van der Waals surface area contributed by atoms with Crippen LogP contribution in [0, 0.1) is 23.5 Å². The van der Waals surface area contributed by atoms with Crippen molar-refractivity contribution in [3.8, 4) is 0 Å². The van der Waals surface area contributed by atoms with Gasteiger partial charge in [0.2, 0.25) is 0 Å². The number of carbonyl (C=O) groups is 1. The Bertz CT molecular complexity index is 1190. The Hall–Kier alpha value is -3.03. The van der Waals surface area contributed by atoms with Crippen LogP contribution in [0.1, 0.15) is 60.5 Å². The summed E-state index contributed by atoms with van der Waals surface area (Å²) in [5.74, 6) is 0.955. The smallest absolute Gasteiger partial charge is 0.256 e. The van der Waals surface area contributed by atoms with E-state index in [0.717, 1.165) is 24.8 Å². The predicted octanol–water partition coefficient (Wildman–Crippen LogP) is 4.27. The topological polar surface area (TPSA) is 62.5 Å². The summed E-state index contributed by atoms with van der Waals surface area (Å²) in [4.78, 5) is 19.8. The maximum Gasteiger partial charge on any atom is 0.256 e. The summed E-state index contributed by atoms with van der Waals surface area (Å²) >= 11 is 0. The van der Waals surface area contributed by atoms with Crippen LogP contribution < -0.4 is 10.2 Å². The number of rotatable bonds is 4. The van der Waals surface area contributed by atoms with Gasteiger partial charge in [-0.3, -0.25) is 4.79 Å². The van der Waals surface area contributed by atoms with Gasteiger partial charge in [0.15, 0.2) is 5.65 Å². The van der Waals surface area contributed by atoms with E-state index < -0.39 is 11.6 Å². The molecule has 2 aliphatic carbocycles. The third-order valence-electron chi connectivity index (χ3n) is 7.52. The van der Waals surface area contributed by atoms with E-state index in [-0.39, 0.29) is 18.0 Å². The molecule has 8 heteroatoms. The SMILES string of the molecule is O=C(N[C@H]1C[C@H]2CC[C@H]1C2)c1cnn2ccc(N3CCC[C@@H]3c3cc(F)ccc3F)nc12. The van der Waals surface area contributed by atoms with E-state index in [9.17, 15) is 13.6 Å². The number of benzene rings is 1. The molecule has 6 nitrogen and oxygen atoms in total. The molecule has 32 heavy (non-hydrogen) atoms. The highest BCUT2D eigenvalue weighted by Crippen LogP contribution is 2.44. The number of anilines is 1. The Morgan fingerprint density at radius 1 is 1.12 bits per heavy atom. The second-order valence-electron chi connectivity index (χ2n) is 9.38. The van der Waals surface area contributed by atoms with Gasteiger partial charge >= 0.3 is 0 Å². The molecule has 1 N–H and O–H groups in total. The van der Waals surface area contributed by atoms with Gasteiger partial charge in [-0.1, -0.05) is 6.42 Å². The Labute approximate surface area is 184 Å².